The topological polar surface area (TPSA) is 40.3 Å². The lowest BCUT2D eigenvalue weighted by Gasteiger charge is -2.15. The van der Waals surface area contributed by atoms with Gasteiger partial charge in [-0.2, -0.15) is 4.58 Å². The molecule has 0 spiro atoms. The Bertz CT molecular complexity index is 773. The summed E-state index contributed by atoms with van der Waals surface area (Å²) in [6.07, 6.45) is 0. The van der Waals surface area contributed by atoms with Crippen molar-refractivity contribution < 1.29 is 14.5 Å². The number of carboxylic acids is 1. The third kappa shape index (κ3) is 2.23. The fourth-order valence-corrected chi connectivity index (χ4v) is 3.09. The maximum atomic E-state index is 11.2. The molecule has 2 aromatic rings. The minimum atomic E-state index is -0.877. The molecule has 112 valence electrons. The van der Waals surface area contributed by atoms with E-state index in [1.165, 1.54) is 11.3 Å². The van der Waals surface area contributed by atoms with E-state index in [-0.39, 0.29) is 5.41 Å². The van der Waals surface area contributed by atoms with Crippen LogP contribution in [0.1, 0.15) is 42.3 Å². The largest absolute Gasteiger partial charge is 0.478 e. The van der Waals surface area contributed by atoms with Gasteiger partial charge in [0.15, 0.2) is 12.3 Å². The summed E-state index contributed by atoms with van der Waals surface area (Å²) in [6.45, 7) is 7.23. The van der Waals surface area contributed by atoms with Gasteiger partial charge in [-0.25, -0.2) is 4.79 Å². The Balaban J connectivity index is 2.09. The van der Waals surface area contributed by atoms with Gasteiger partial charge in [0.05, 0.1) is 11.0 Å². The molecule has 3 nitrogen and oxygen atoms in total. The average molecular weight is 294 g/mol. The molecule has 0 saturated heterocycles. The SMILES string of the molecule is CC1=[N+](Cc2ccccc2)c2ccc(C(=O)O)cc2C1(C)C. The number of fused-ring (bicyclic) bond motifs is 1. The minimum absolute atomic E-state index is 0.157. The Kier molecular flexibility index (Phi) is 3.36. The number of aromatic carboxylic acids is 1. The molecule has 1 aliphatic heterocycles. The van der Waals surface area contributed by atoms with Gasteiger partial charge in [-0.15, -0.1) is 0 Å². The third-order valence-electron chi connectivity index (χ3n) is 4.70. The first-order valence-corrected chi connectivity index (χ1v) is 7.44. The summed E-state index contributed by atoms with van der Waals surface area (Å²) in [5.41, 5.74) is 4.87. The van der Waals surface area contributed by atoms with Gasteiger partial charge in [0.2, 0.25) is 5.69 Å². The zero-order chi connectivity index (χ0) is 15.9. The van der Waals surface area contributed by atoms with Crippen LogP contribution in [0.5, 0.6) is 0 Å². The van der Waals surface area contributed by atoms with E-state index in [0.29, 0.717) is 5.56 Å². The number of benzene rings is 2. The minimum Gasteiger partial charge on any atom is -0.478 e. The number of nitrogens with zero attached hydrogens (tertiary/aromatic N) is 1. The third-order valence-corrected chi connectivity index (χ3v) is 4.70. The predicted molar refractivity (Wildman–Crippen MR) is 87.2 cm³/mol. The van der Waals surface area contributed by atoms with Crippen molar-refractivity contribution in [2.45, 2.75) is 32.7 Å². The second-order valence-electron chi connectivity index (χ2n) is 6.32. The first kappa shape index (κ1) is 14.5. The van der Waals surface area contributed by atoms with Crippen molar-refractivity contribution in [3.63, 3.8) is 0 Å². The van der Waals surface area contributed by atoms with Crippen LogP contribution in [0.3, 0.4) is 0 Å². The van der Waals surface area contributed by atoms with Crippen LogP contribution in [0.2, 0.25) is 0 Å². The van der Waals surface area contributed by atoms with Crippen LogP contribution in [-0.2, 0) is 12.0 Å². The molecule has 0 atom stereocenters. The van der Waals surface area contributed by atoms with E-state index in [1.54, 1.807) is 6.07 Å². The molecule has 1 N–H and O–H groups in total. The number of rotatable bonds is 3. The number of hydrogen-bond acceptors (Lipinski definition) is 1. The van der Waals surface area contributed by atoms with Gasteiger partial charge < -0.3 is 5.11 Å². The van der Waals surface area contributed by atoms with Crippen LogP contribution in [0.4, 0.5) is 5.69 Å². The zero-order valence-corrected chi connectivity index (χ0v) is 13.1. The molecule has 3 heteroatoms. The van der Waals surface area contributed by atoms with Crippen molar-refractivity contribution in [2.24, 2.45) is 0 Å². The fraction of sp³-hybridized carbons (Fsp3) is 0.263. The molecule has 1 aliphatic rings. The van der Waals surface area contributed by atoms with E-state index in [0.717, 1.165) is 17.8 Å². The number of carbonyl (C=O) groups is 1. The molecule has 0 amide bonds. The monoisotopic (exact) mass is 294 g/mol. The van der Waals surface area contributed by atoms with E-state index in [4.69, 9.17) is 0 Å². The van der Waals surface area contributed by atoms with E-state index in [2.05, 4.69) is 37.5 Å². The average Bonchev–Trinajstić information content (AvgIpc) is 2.69. The standard InChI is InChI=1S/C19H19NO2/c1-13-19(2,3)16-11-15(18(21)22)9-10-17(16)20(13)12-14-7-5-4-6-8-14/h4-11H,12H2,1-3H3/p+1. The van der Waals surface area contributed by atoms with Crippen molar-refractivity contribution in [1.29, 1.82) is 0 Å². The molecule has 3 rings (SSSR count). The second kappa shape index (κ2) is 5.09. The molecule has 0 bridgehead atoms. The van der Waals surface area contributed by atoms with Crippen LogP contribution in [0, 0.1) is 0 Å². The van der Waals surface area contributed by atoms with Crippen LogP contribution in [0.15, 0.2) is 48.5 Å². The first-order valence-electron chi connectivity index (χ1n) is 7.44. The molecular weight excluding hydrogens is 274 g/mol. The molecule has 0 fully saturated rings. The maximum Gasteiger partial charge on any atom is 0.335 e. The van der Waals surface area contributed by atoms with Crippen molar-refractivity contribution in [1.82, 2.24) is 0 Å². The number of hydrogen-bond donors (Lipinski definition) is 1. The molecule has 22 heavy (non-hydrogen) atoms. The molecule has 0 radical (unpaired) electrons. The summed E-state index contributed by atoms with van der Waals surface area (Å²) in [5.74, 6) is -0.877. The van der Waals surface area contributed by atoms with Crippen molar-refractivity contribution in [2.75, 3.05) is 0 Å². The summed E-state index contributed by atoms with van der Waals surface area (Å²) in [5, 5.41) is 9.23. The molecular formula is C19H20NO2+. The molecule has 0 aliphatic carbocycles. The lowest BCUT2D eigenvalue weighted by Crippen LogP contribution is -2.26. The highest BCUT2D eigenvalue weighted by Crippen LogP contribution is 2.40. The fourth-order valence-electron chi connectivity index (χ4n) is 3.09. The Hall–Kier alpha value is -2.42. The van der Waals surface area contributed by atoms with Crippen LogP contribution in [0.25, 0.3) is 0 Å². The van der Waals surface area contributed by atoms with Crippen molar-refractivity contribution in [3.05, 3.63) is 65.2 Å². The number of carboxylic acid groups (broad SMARTS) is 1. The van der Waals surface area contributed by atoms with Crippen molar-refractivity contribution >= 4 is 17.4 Å². The molecule has 1 heterocycles. The summed E-state index contributed by atoms with van der Waals surface area (Å²) >= 11 is 0. The van der Waals surface area contributed by atoms with Crippen LogP contribution in [-0.4, -0.2) is 21.4 Å². The molecule has 0 unspecified atom stereocenters. The zero-order valence-electron chi connectivity index (χ0n) is 13.1. The Morgan fingerprint density at radius 3 is 2.45 bits per heavy atom. The lowest BCUT2D eigenvalue weighted by atomic mass is 9.81. The van der Waals surface area contributed by atoms with Gasteiger partial charge >= 0.3 is 5.97 Å². The van der Waals surface area contributed by atoms with Gasteiger partial charge in [0.25, 0.3) is 0 Å². The Labute approximate surface area is 130 Å². The Morgan fingerprint density at radius 1 is 1.14 bits per heavy atom. The van der Waals surface area contributed by atoms with Gasteiger partial charge in [0, 0.05) is 24.1 Å². The summed E-state index contributed by atoms with van der Waals surface area (Å²) < 4.78 is 2.29. The normalized spacial score (nSPS) is 15.8. The maximum absolute atomic E-state index is 11.2. The Morgan fingerprint density at radius 2 is 1.82 bits per heavy atom. The van der Waals surface area contributed by atoms with E-state index >= 15 is 0 Å². The van der Waals surface area contributed by atoms with Crippen LogP contribution >= 0.6 is 0 Å². The van der Waals surface area contributed by atoms with Crippen molar-refractivity contribution in [3.8, 4) is 0 Å². The highest BCUT2D eigenvalue weighted by Gasteiger charge is 2.43. The van der Waals surface area contributed by atoms with Gasteiger partial charge in [0.1, 0.15) is 0 Å². The molecule has 0 aromatic heterocycles. The lowest BCUT2D eigenvalue weighted by molar-refractivity contribution is -0.456. The smallest absolute Gasteiger partial charge is 0.335 e. The van der Waals surface area contributed by atoms with Gasteiger partial charge in [-0.05, 0) is 26.0 Å². The quantitative estimate of drug-likeness (QED) is 0.870. The van der Waals surface area contributed by atoms with E-state index < -0.39 is 5.97 Å². The second-order valence-corrected chi connectivity index (χ2v) is 6.32. The van der Waals surface area contributed by atoms with Gasteiger partial charge in [-0.1, -0.05) is 30.3 Å². The van der Waals surface area contributed by atoms with E-state index in [1.807, 2.05) is 30.3 Å². The molecule has 2 aromatic carbocycles. The highest BCUT2D eigenvalue weighted by atomic mass is 16.4. The van der Waals surface area contributed by atoms with Gasteiger partial charge in [-0.3, -0.25) is 0 Å². The highest BCUT2D eigenvalue weighted by molar-refractivity contribution is 5.95. The molecule has 0 saturated carbocycles. The summed E-state index contributed by atoms with van der Waals surface area (Å²) in [6, 6.07) is 15.8. The predicted octanol–water partition coefficient (Wildman–Crippen LogP) is 3.98. The van der Waals surface area contributed by atoms with E-state index in [9.17, 15) is 9.90 Å². The summed E-state index contributed by atoms with van der Waals surface area (Å²) in [4.78, 5) is 11.2. The first-order chi connectivity index (χ1) is 10.4. The van der Waals surface area contributed by atoms with Crippen LogP contribution < -0.4 is 0 Å². The summed E-state index contributed by atoms with van der Waals surface area (Å²) in [7, 11) is 0.